The maximum Gasteiger partial charge on any atom is 0.344 e. The largest absolute Gasteiger partial charge is 0.477 e. The van der Waals surface area contributed by atoms with Crippen molar-refractivity contribution in [2.24, 2.45) is 4.99 Å². The summed E-state index contributed by atoms with van der Waals surface area (Å²) in [5, 5.41) is 21.6. The summed E-state index contributed by atoms with van der Waals surface area (Å²) in [5.74, 6) is -2.96. The fraction of sp³-hybridized carbons (Fsp3) is 0.267. The lowest BCUT2D eigenvalue weighted by atomic mass is 10.1. The van der Waals surface area contributed by atoms with Crippen LogP contribution in [-0.4, -0.2) is 40.4 Å². The Morgan fingerprint density at radius 3 is 2.78 bits per heavy atom. The van der Waals surface area contributed by atoms with Gasteiger partial charge in [-0.05, 0) is 35.9 Å². The number of benzene rings is 1. The summed E-state index contributed by atoms with van der Waals surface area (Å²) in [6.45, 7) is 3.58. The van der Waals surface area contributed by atoms with Crippen molar-refractivity contribution < 1.29 is 19.8 Å². The lowest BCUT2D eigenvalue weighted by Gasteiger charge is -2.16. The molecule has 0 radical (unpaired) electrons. The molecule has 2 aliphatic heterocycles. The third-order valence-electron chi connectivity index (χ3n) is 3.69. The molecule has 0 atom stereocenters. The second kappa shape index (κ2) is 5.96. The lowest BCUT2D eigenvalue weighted by molar-refractivity contribution is -0.140. The molecule has 0 unspecified atom stereocenters. The van der Waals surface area contributed by atoms with Gasteiger partial charge in [0.1, 0.15) is 0 Å². The maximum atomic E-state index is 10.9. The van der Waals surface area contributed by atoms with Crippen molar-refractivity contribution in [3.8, 4) is 0 Å². The number of fused-ring (bicyclic) bond motifs is 3. The number of thioether (sulfide) groups is 1. The zero-order valence-electron chi connectivity index (χ0n) is 12.4. The van der Waals surface area contributed by atoms with Crippen molar-refractivity contribution in [3.05, 3.63) is 29.5 Å². The molecule has 0 fully saturated rings. The summed E-state index contributed by atoms with van der Waals surface area (Å²) in [6.07, 6.45) is 1.76. The minimum Gasteiger partial charge on any atom is -0.477 e. The number of amidine groups is 1. The molecular formula is C15H15N3O4S. The van der Waals surface area contributed by atoms with E-state index < -0.39 is 17.5 Å². The number of hydrogen-bond donors (Lipinski definition) is 3. The van der Waals surface area contributed by atoms with E-state index in [2.05, 4.69) is 15.2 Å². The SMILES string of the molecule is CCc1cc2c(cc1NC=C(C(=O)O)C(=O)O)N1CCN=C1S2. The minimum absolute atomic E-state index is 0.703. The van der Waals surface area contributed by atoms with Crippen LogP contribution in [0, 0.1) is 0 Å². The molecule has 0 aromatic heterocycles. The molecule has 120 valence electrons. The van der Waals surface area contributed by atoms with Gasteiger partial charge in [0.15, 0.2) is 10.7 Å². The average molecular weight is 333 g/mol. The monoisotopic (exact) mass is 333 g/mol. The number of hydrogen-bond acceptors (Lipinski definition) is 6. The summed E-state index contributed by atoms with van der Waals surface area (Å²) < 4.78 is 0. The highest BCUT2D eigenvalue weighted by Gasteiger charge is 2.30. The van der Waals surface area contributed by atoms with Crippen LogP contribution in [0.3, 0.4) is 0 Å². The molecule has 7 nitrogen and oxygen atoms in total. The molecule has 1 aromatic rings. The Hall–Kier alpha value is -2.48. The molecule has 1 aromatic carbocycles. The fourth-order valence-electron chi connectivity index (χ4n) is 2.53. The number of aliphatic imine (C=N–C) groups is 1. The first-order valence-corrected chi connectivity index (χ1v) is 7.93. The molecule has 0 amide bonds. The van der Waals surface area contributed by atoms with Crippen LogP contribution < -0.4 is 10.2 Å². The standard InChI is InChI=1S/C15H15N3O4S/c1-2-8-5-12-11(18-4-3-16-15(18)23-12)6-10(8)17-7-9(13(19)20)14(21)22/h5-7,17H,2-4H2,1H3,(H,19,20)(H,21,22). The van der Waals surface area contributed by atoms with Crippen LogP contribution in [0.5, 0.6) is 0 Å². The van der Waals surface area contributed by atoms with Gasteiger partial charge in [0.05, 0.1) is 12.2 Å². The first kappa shape index (κ1) is 15.4. The number of aliphatic carboxylic acids is 2. The third-order valence-corrected chi connectivity index (χ3v) is 4.77. The van der Waals surface area contributed by atoms with Crippen LogP contribution >= 0.6 is 11.8 Å². The van der Waals surface area contributed by atoms with Gasteiger partial charge in [-0.2, -0.15) is 0 Å². The van der Waals surface area contributed by atoms with Gasteiger partial charge >= 0.3 is 11.9 Å². The lowest BCUT2D eigenvalue weighted by Crippen LogP contribution is -2.20. The zero-order chi connectivity index (χ0) is 16.6. The molecule has 3 rings (SSSR count). The van der Waals surface area contributed by atoms with E-state index in [9.17, 15) is 9.59 Å². The highest BCUT2D eigenvalue weighted by Crippen LogP contribution is 2.44. The van der Waals surface area contributed by atoms with E-state index in [0.717, 1.165) is 47.0 Å². The van der Waals surface area contributed by atoms with E-state index in [4.69, 9.17) is 10.2 Å². The van der Waals surface area contributed by atoms with Crippen molar-refractivity contribution in [2.45, 2.75) is 18.2 Å². The Bertz CT molecular complexity index is 741. The van der Waals surface area contributed by atoms with Gasteiger partial charge in [-0.25, -0.2) is 9.59 Å². The van der Waals surface area contributed by atoms with E-state index in [1.54, 1.807) is 11.8 Å². The second-order valence-corrected chi connectivity index (χ2v) is 6.07. The smallest absolute Gasteiger partial charge is 0.344 e. The van der Waals surface area contributed by atoms with Crippen molar-refractivity contribution in [1.29, 1.82) is 0 Å². The van der Waals surface area contributed by atoms with Crippen LogP contribution in [0.4, 0.5) is 11.4 Å². The number of rotatable bonds is 5. The van der Waals surface area contributed by atoms with Gasteiger partial charge in [0, 0.05) is 23.3 Å². The highest BCUT2D eigenvalue weighted by molar-refractivity contribution is 8.14. The summed E-state index contributed by atoms with van der Waals surface area (Å²) in [6, 6.07) is 3.96. The van der Waals surface area contributed by atoms with Crippen molar-refractivity contribution in [1.82, 2.24) is 0 Å². The molecule has 0 saturated heterocycles. The summed E-state index contributed by atoms with van der Waals surface area (Å²) >= 11 is 1.62. The Labute approximate surface area is 136 Å². The number of anilines is 2. The Kier molecular flexibility index (Phi) is 3.99. The van der Waals surface area contributed by atoms with Gasteiger partial charge in [0.25, 0.3) is 0 Å². The number of carboxylic acids is 2. The Morgan fingerprint density at radius 1 is 1.39 bits per heavy atom. The van der Waals surface area contributed by atoms with E-state index in [1.165, 1.54) is 0 Å². The van der Waals surface area contributed by atoms with Gasteiger partial charge < -0.3 is 20.4 Å². The van der Waals surface area contributed by atoms with Crippen LogP contribution in [0.1, 0.15) is 12.5 Å². The van der Waals surface area contributed by atoms with Crippen LogP contribution in [0.25, 0.3) is 0 Å². The fourth-order valence-corrected chi connectivity index (χ4v) is 3.66. The zero-order valence-corrected chi connectivity index (χ0v) is 13.2. The highest BCUT2D eigenvalue weighted by atomic mass is 32.2. The summed E-state index contributed by atoms with van der Waals surface area (Å²) in [4.78, 5) is 29.5. The second-order valence-electron chi connectivity index (χ2n) is 5.06. The van der Waals surface area contributed by atoms with E-state index in [1.807, 2.05) is 19.1 Å². The topological polar surface area (TPSA) is 102 Å². The molecule has 23 heavy (non-hydrogen) atoms. The normalized spacial score (nSPS) is 14.8. The van der Waals surface area contributed by atoms with Crippen molar-refractivity contribution >= 4 is 40.2 Å². The van der Waals surface area contributed by atoms with Gasteiger partial charge in [-0.3, -0.25) is 4.99 Å². The van der Waals surface area contributed by atoms with Crippen LogP contribution in [-0.2, 0) is 16.0 Å². The quantitative estimate of drug-likeness (QED) is 0.430. The molecule has 0 bridgehead atoms. The molecular weight excluding hydrogens is 318 g/mol. The molecule has 0 saturated carbocycles. The molecule has 2 heterocycles. The molecule has 3 N–H and O–H groups in total. The number of nitrogens with zero attached hydrogens (tertiary/aromatic N) is 2. The van der Waals surface area contributed by atoms with Crippen LogP contribution in [0.15, 0.2) is 33.8 Å². The van der Waals surface area contributed by atoms with E-state index in [0.29, 0.717) is 5.69 Å². The minimum atomic E-state index is -1.48. The average Bonchev–Trinajstić information content (AvgIpc) is 3.06. The summed E-state index contributed by atoms with van der Waals surface area (Å²) in [7, 11) is 0. The molecule has 0 spiro atoms. The molecule has 0 aliphatic carbocycles. The van der Waals surface area contributed by atoms with Crippen molar-refractivity contribution in [2.75, 3.05) is 23.3 Å². The number of carbonyl (C=O) groups is 2. The van der Waals surface area contributed by atoms with E-state index in [-0.39, 0.29) is 0 Å². The van der Waals surface area contributed by atoms with E-state index >= 15 is 0 Å². The van der Waals surface area contributed by atoms with Crippen molar-refractivity contribution in [3.63, 3.8) is 0 Å². The third kappa shape index (κ3) is 2.77. The number of nitrogens with one attached hydrogen (secondary N) is 1. The predicted octanol–water partition coefficient (Wildman–Crippen LogP) is 2.00. The Balaban J connectivity index is 1.95. The van der Waals surface area contributed by atoms with Gasteiger partial charge in [0.2, 0.25) is 0 Å². The number of aryl methyl sites for hydroxylation is 1. The van der Waals surface area contributed by atoms with Gasteiger partial charge in [-0.1, -0.05) is 6.92 Å². The maximum absolute atomic E-state index is 10.9. The number of carboxylic acid groups (broad SMARTS) is 2. The predicted molar refractivity (Wildman–Crippen MR) is 88.3 cm³/mol. The van der Waals surface area contributed by atoms with Crippen LogP contribution in [0.2, 0.25) is 0 Å². The Morgan fingerprint density at radius 2 is 2.13 bits per heavy atom. The molecule has 8 heteroatoms. The van der Waals surface area contributed by atoms with Gasteiger partial charge in [-0.15, -0.1) is 0 Å². The first-order valence-electron chi connectivity index (χ1n) is 7.11. The molecule has 2 aliphatic rings. The first-order chi connectivity index (χ1) is 11.0. The summed E-state index contributed by atoms with van der Waals surface area (Å²) in [5.41, 5.74) is 2.02.